The van der Waals surface area contributed by atoms with Gasteiger partial charge in [0.05, 0.1) is 19.5 Å². The Labute approximate surface area is 187 Å². The van der Waals surface area contributed by atoms with E-state index in [1.165, 1.54) is 5.56 Å². The second-order valence-electron chi connectivity index (χ2n) is 9.02. The zero-order valence-corrected chi connectivity index (χ0v) is 19.0. The van der Waals surface area contributed by atoms with E-state index in [2.05, 4.69) is 39.2 Å². The van der Waals surface area contributed by atoms with Crippen LogP contribution in [0.5, 0.6) is 6.01 Å². The molecule has 2 aromatic heterocycles. The number of likely N-dealkylation sites (tertiary alicyclic amines) is 1. The fourth-order valence-electron chi connectivity index (χ4n) is 3.87. The zero-order chi connectivity index (χ0) is 22.9. The van der Waals surface area contributed by atoms with Crippen molar-refractivity contribution in [3.05, 3.63) is 41.7 Å². The van der Waals surface area contributed by atoms with Crippen LogP contribution in [0.1, 0.15) is 51.2 Å². The van der Waals surface area contributed by atoms with E-state index in [1.54, 1.807) is 11.2 Å². The molecule has 1 aliphatic rings. The fraction of sp³-hybridized carbons (Fsp3) is 0.478. The highest BCUT2D eigenvalue weighted by atomic mass is 16.6. The molecule has 3 aromatic rings. The normalized spacial score (nSPS) is 16.5. The molecule has 0 radical (unpaired) electrons. The van der Waals surface area contributed by atoms with Gasteiger partial charge in [0.2, 0.25) is 0 Å². The number of ether oxygens (including phenoxy) is 2. The van der Waals surface area contributed by atoms with E-state index in [4.69, 9.17) is 15.2 Å². The third-order valence-electron chi connectivity index (χ3n) is 5.39. The van der Waals surface area contributed by atoms with Gasteiger partial charge in [0.15, 0.2) is 17.0 Å². The van der Waals surface area contributed by atoms with Crippen LogP contribution in [0.2, 0.25) is 0 Å². The molecule has 32 heavy (non-hydrogen) atoms. The molecule has 1 amide bonds. The van der Waals surface area contributed by atoms with Crippen LogP contribution in [0.15, 0.2) is 30.6 Å². The van der Waals surface area contributed by atoms with E-state index in [0.717, 1.165) is 12.0 Å². The molecule has 1 atom stereocenters. The summed E-state index contributed by atoms with van der Waals surface area (Å²) < 4.78 is 12.9. The van der Waals surface area contributed by atoms with Crippen LogP contribution in [-0.4, -0.2) is 55.8 Å². The Morgan fingerprint density at radius 2 is 1.97 bits per heavy atom. The molecule has 1 aromatic carbocycles. The van der Waals surface area contributed by atoms with Gasteiger partial charge < -0.3 is 24.7 Å². The summed E-state index contributed by atoms with van der Waals surface area (Å²) in [4.78, 5) is 27.1. The molecule has 9 nitrogen and oxygen atoms in total. The molecule has 0 bridgehead atoms. The average Bonchev–Trinajstić information content (AvgIpc) is 3.36. The van der Waals surface area contributed by atoms with Crippen molar-refractivity contribution in [2.24, 2.45) is 0 Å². The van der Waals surface area contributed by atoms with Gasteiger partial charge in [0.1, 0.15) is 5.60 Å². The summed E-state index contributed by atoms with van der Waals surface area (Å²) in [6, 6.07) is 8.72. The smallest absolute Gasteiger partial charge is 0.410 e. The molecule has 1 aliphatic heterocycles. The van der Waals surface area contributed by atoms with E-state index in [-0.39, 0.29) is 12.1 Å². The monoisotopic (exact) mass is 438 g/mol. The van der Waals surface area contributed by atoms with Crippen molar-refractivity contribution < 1.29 is 14.3 Å². The molecular weight excluding hydrogens is 408 g/mol. The Kier molecular flexibility index (Phi) is 5.90. The summed E-state index contributed by atoms with van der Waals surface area (Å²) in [7, 11) is 0. The maximum absolute atomic E-state index is 12.3. The molecular formula is C23H30N6O3. The number of imidazole rings is 1. The van der Waals surface area contributed by atoms with Gasteiger partial charge in [-0.05, 0) is 45.2 Å². The molecule has 1 unspecified atom stereocenters. The average molecular weight is 439 g/mol. The van der Waals surface area contributed by atoms with Crippen molar-refractivity contribution in [2.75, 3.05) is 25.4 Å². The van der Waals surface area contributed by atoms with Gasteiger partial charge in [-0.25, -0.2) is 9.78 Å². The number of nitrogens with zero attached hydrogens (tertiary/aromatic N) is 5. The first-order valence-corrected chi connectivity index (χ1v) is 10.9. The predicted molar refractivity (Wildman–Crippen MR) is 122 cm³/mol. The molecule has 9 heteroatoms. The van der Waals surface area contributed by atoms with Crippen molar-refractivity contribution in [1.82, 2.24) is 24.4 Å². The molecule has 0 aliphatic carbocycles. The first-order chi connectivity index (χ1) is 15.2. The maximum Gasteiger partial charge on any atom is 0.410 e. The summed E-state index contributed by atoms with van der Waals surface area (Å²) in [6.45, 7) is 10.00. The van der Waals surface area contributed by atoms with Crippen molar-refractivity contribution in [1.29, 1.82) is 0 Å². The fourth-order valence-corrected chi connectivity index (χ4v) is 3.87. The van der Waals surface area contributed by atoms with Gasteiger partial charge >= 0.3 is 12.1 Å². The number of amides is 1. The van der Waals surface area contributed by atoms with Crippen LogP contribution in [0.3, 0.4) is 0 Å². The molecule has 3 heterocycles. The van der Waals surface area contributed by atoms with Crippen molar-refractivity contribution in [3.63, 3.8) is 0 Å². The molecule has 4 rings (SSSR count). The Hall–Kier alpha value is -3.36. The highest BCUT2D eigenvalue weighted by Gasteiger charge is 2.30. The van der Waals surface area contributed by atoms with E-state index in [1.807, 2.05) is 32.3 Å². The number of rotatable bonds is 5. The molecule has 1 saturated heterocycles. The van der Waals surface area contributed by atoms with Crippen LogP contribution in [0.25, 0.3) is 11.2 Å². The number of aromatic nitrogens is 4. The van der Waals surface area contributed by atoms with Gasteiger partial charge in [-0.2, -0.15) is 9.97 Å². The van der Waals surface area contributed by atoms with E-state index in [0.29, 0.717) is 49.1 Å². The summed E-state index contributed by atoms with van der Waals surface area (Å²) in [6.07, 6.45) is 2.41. The third-order valence-corrected chi connectivity index (χ3v) is 5.39. The predicted octanol–water partition coefficient (Wildman–Crippen LogP) is 3.58. The van der Waals surface area contributed by atoms with Crippen LogP contribution in [0.4, 0.5) is 10.6 Å². The minimum Gasteiger partial charge on any atom is -0.464 e. The van der Waals surface area contributed by atoms with Crippen molar-refractivity contribution in [2.45, 2.75) is 52.2 Å². The number of nitrogens with two attached hydrogens (primary N) is 1. The lowest BCUT2D eigenvalue weighted by Crippen LogP contribution is -2.35. The standard InChI is InChI=1S/C23H30N6O3/c1-5-31-21-26-19(24)18-20(27-21)29(14-25-18)12-15-6-8-16(9-7-15)17-10-11-28(13-17)22(30)32-23(2,3)4/h6-9,14,17H,5,10-13H2,1-4H3,(H2,24,26,27). The van der Waals surface area contributed by atoms with Gasteiger partial charge in [-0.1, -0.05) is 24.3 Å². The number of carbonyl (C=O) groups excluding carboxylic acids is 1. The lowest BCUT2D eigenvalue weighted by molar-refractivity contribution is 0.0292. The molecule has 1 fully saturated rings. The Balaban J connectivity index is 1.44. The van der Waals surface area contributed by atoms with Crippen molar-refractivity contribution in [3.8, 4) is 6.01 Å². The van der Waals surface area contributed by atoms with Gasteiger partial charge in [0, 0.05) is 19.0 Å². The van der Waals surface area contributed by atoms with Crippen molar-refractivity contribution >= 4 is 23.1 Å². The second-order valence-corrected chi connectivity index (χ2v) is 9.02. The Morgan fingerprint density at radius 1 is 1.22 bits per heavy atom. The van der Waals surface area contributed by atoms with Gasteiger partial charge in [-0.15, -0.1) is 0 Å². The number of fused-ring (bicyclic) bond motifs is 1. The van der Waals surface area contributed by atoms with E-state index in [9.17, 15) is 4.79 Å². The summed E-state index contributed by atoms with van der Waals surface area (Å²) in [5.41, 5.74) is 9.08. The third kappa shape index (κ3) is 4.76. The van der Waals surface area contributed by atoms with E-state index >= 15 is 0 Å². The van der Waals surface area contributed by atoms with Crippen LogP contribution in [0, 0.1) is 0 Å². The van der Waals surface area contributed by atoms with Crippen LogP contribution < -0.4 is 10.5 Å². The largest absolute Gasteiger partial charge is 0.464 e. The first kappa shape index (κ1) is 21.9. The summed E-state index contributed by atoms with van der Waals surface area (Å²) in [5.74, 6) is 0.621. The maximum atomic E-state index is 12.3. The number of hydrogen-bond acceptors (Lipinski definition) is 7. The lowest BCUT2D eigenvalue weighted by Gasteiger charge is -2.24. The van der Waals surface area contributed by atoms with Crippen LogP contribution in [-0.2, 0) is 11.3 Å². The number of anilines is 1. The highest BCUT2D eigenvalue weighted by molar-refractivity contribution is 5.82. The first-order valence-electron chi connectivity index (χ1n) is 10.9. The van der Waals surface area contributed by atoms with Gasteiger partial charge in [0.25, 0.3) is 0 Å². The topological polar surface area (TPSA) is 108 Å². The quantitative estimate of drug-likeness (QED) is 0.648. The molecule has 0 saturated carbocycles. The Morgan fingerprint density at radius 3 is 2.66 bits per heavy atom. The minimum atomic E-state index is -0.479. The number of nitrogen functional groups attached to an aromatic ring is 1. The minimum absolute atomic E-state index is 0.240. The summed E-state index contributed by atoms with van der Waals surface area (Å²) in [5, 5.41) is 0. The van der Waals surface area contributed by atoms with Gasteiger partial charge in [-0.3, -0.25) is 0 Å². The SMILES string of the molecule is CCOc1nc(N)c2ncn(Cc3ccc(C4CCN(C(=O)OC(C)(C)C)C4)cc3)c2n1. The Bertz CT molecular complexity index is 1100. The zero-order valence-electron chi connectivity index (χ0n) is 19.0. The molecule has 2 N–H and O–H groups in total. The van der Waals surface area contributed by atoms with E-state index < -0.39 is 5.60 Å². The highest BCUT2D eigenvalue weighted by Crippen LogP contribution is 2.29. The molecule has 170 valence electrons. The lowest BCUT2D eigenvalue weighted by atomic mass is 9.97. The number of hydrogen-bond donors (Lipinski definition) is 1. The van der Waals surface area contributed by atoms with Crippen LogP contribution >= 0.6 is 0 Å². The second kappa shape index (κ2) is 8.64. The summed E-state index contributed by atoms with van der Waals surface area (Å²) >= 11 is 0. The molecule has 0 spiro atoms. The number of carbonyl (C=O) groups is 1. The number of benzene rings is 1.